The fourth-order valence-electron chi connectivity index (χ4n) is 3.94. The van der Waals surface area contributed by atoms with Crippen molar-refractivity contribution in [3.05, 3.63) is 62.3 Å². The largest absolute Gasteiger partial charge is 0.477 e. The van der Waals surface area contributed by atoms with E-state index in [0.29, 0.717) is 30.8 Å². The molecule has 4 rings (SSSR count). The zero-order chi connectivity index (χ0) is 20.7. The van der Waals surface area contributed by atoms with Gasteiger partial charge >= 0.3 is 5.97 Å². The summed E-state index contributed by atoms with van der Waals surface area (Å²) in [6.07, 6.45) is 1.34. The number of likely N-dealkylation sites (N-methyl/N-ethyl adjacent to an activating group) is 1. The van der Waals surface area contributed by atoms with Crippen LogP contribution in [0, 0.1) is 5.82 Å². The Hall–Kier alpha value is -2.71. The van der Waals surface area contributed by atoms with Crippen molar-refractivity contribution in [3.63, 3.8) is 0 Å². The van der Waals surface area contributed by atoms with Crippen molar-refractivity contribution < 1.29 is 14.3 Å². The van der Waals surface area contributed by atoms with Gasteiger partial charge in [0.15, 0.2) is 0 Å². The molecule has 2 aromatic heterocycles. The van der Waals surface area contributed by atoms with Gasteiger partial charge in [0.1, 0.15) is 11.4 Å². The van der Waals surface area contributed by atoms with Crippen molar-refractivity contribution in [2.24, 2.45) is 0 Å². The average Bonchev–Trinajstić information content (AvgIpc) is 3.23. The molecule has 3 aromatic rings. The number of carbonyl (C=O) groups is 1. The minimum atomic E-state index is -1.30. The molecule has 1 atom stereocenters. The van der Waals surface area contributed by atoms with Crippen LogP contribution in [0.15, 0.2) is 40.6 Å². The summed E-state index contributed by atoms with van der Waals surface area (Å²) in [7, 11) is 2.07. The predicted molar refractivity (Wildman–Crippen MR) is 113 cm³/mol. The number of pyridine rings is 1. The van der Waals surface area contributed by atoms with Crippen LogP contribution in [0.3, 0.4) is 0 Å². The highest BCUT2D eigenvalue weighted by atomic mass is 32.1. The molecule has 6 nitrogen and oxygen atoms in total. The molecule has 0 spiro atoms. The van der Waals surface area contributed by atoms with E-state index in [-0.39, 0.29) is 17.0 Å². The standard InChI is InChI=1S/C21H22FN3O3S/c1-3-24-11-14(21(27)28)20(26)13-9-15(22)17(10-16(13)24)25-7-6-23(2)18(12-25)19-5-4-8-29-19/h4-5,8-11,18H,3,6-7,12H2,1-2H3,(H,27,28). The van der Waals surface area contributed by atoms with E-state index in [4.69, 9.17) is 0 Å². The normalized spacial score (nSPS) is 17.8. The molecule has 0 radical (unpaired) electrons. The van der Waals surface area contributed by atoms with Gasteiger partial charge in [0.05, 0.1) is 17.2 Å². The van der Waals surface area contributed by atoms with Crippen LogP contribution in [0.5, 0.6) is 0 Å². The van der Waals surface area contributed by atoms with E-state index in [1.165, 1.54) is 17.1 Å². The highest BCUT2D eigenvalue weighted by Gasteiger charge is 2.28. The Morgan fingerprint density at radius 1 is 1.34 bits per heavy atom. The van der Waals surface area contributed by atoms with Crippen LogP contribution in [-0.4, -0.2) is 47.2 Å². The minimum absolute atomic E-state index is 0.0944. The molecule has 0 amide bonds. The summed E-state index contributed by atoms with van der Waals surface area (Å²) in [5.74, 6) is -1.81. The van der Waals surface area contributed by atoms with Crippen molar-refractivity contribution in [1.82, 2.24) is 9.47 Å². The summed E-state index contributed by atoms with van der Waals surface area (Å²) in [4.78, 5) is 29.4. The molecule has 1 unspecified atom stereocenters. The number of benzene rings is 1. The maximum Gasteiger partial charge on any atom is 0.341 e. The second kappa shape index (κ2) is 7.61. The van der Waals surface area contributed by atoms with Gasteiger partial charge in [-0.1, -0.05) is 6.07 Å². The fourth-order valence-corrected chi connectivity index (χ4v) is 4.82. The third kappa shape index (κ3) is 3.42. The lowest BCUT2D eigenvalue weighted by Crippen LogP contribution is -2.46. The first-order valence-corrected chi connectivity index (χ1v) is 10.4. The van der Waals surface area contributed by atoms with Crippen LogP contribution >= 0.6 is 11.3 Å². The van der Waals surface area contributed by atoms with E-state index in [1.807, 2.05) is 23.3 Å². The maximum absolute atomic E-state index is 15.1. The number of rotatable bonds is 4. The lowest BCUT2D eigenvalue weighted by molar-refractivity contribution is 0.0695. The molecule has 1 N–H and O–H groups in total. The number of fused-ring (bicyclic) bond motifs is 1. The molecule has 8 heteroatoms. The number of thiophene rings is 1. The number of hydrogen-bond acceptors (Lipinski definition) is 5. The van der Waals surface area contributed by atoms with Gasteiger partial charge in [-0.3, -0.25) is 9.69 Å². The topological polar surface area (TPSA) is 65.8 Å². The van der Waals surface area contributed by atoms with Gasteiger partial charge in [0.2, 0.25) is 5.43 Å². The van der Waals surface area contributed by atoms with Crippen LogP contribution in [0.2, 0.25) is 0 Å². The van der Waals surface area contributed by atoms with E-state index in [9.17, 15) is 14.7 Å². The van der Waals surface area contributed by atoms with E-state index >= 15 is 4.39 Å². The first-order chi connectivity index (χ1) is 13.9. The molecule has 1 saturated heterocycles. The maximum atomic E-state index is 15.1. The van der Waals surface area contributed by atoms with Gasteiger partial charge < -0.3 is 14.6 Å². The number of hydrogen-bond donors (Lipinski definition) is 1. The number of aromatic nitrogens is 1. The van der Waals surface area contributed by atoms with E-state index in [1.54, 1.807) is 22.0 Å². The average molecular weight is 415 g/mol. The molecular weight excluding hydrogens is 393 g/mol. The number of piperazine rings is 1. The van der Waals surface area contributed by atoms with E-state index < -0.39 is 17.2 Å². The Kier molecular flexibility index (Phi) is 5.14. The molecule has 1 aliphatic heterocycles. The molecule has 0 saturated carbocycles. The summed E-state index contributed by atoms with van der Waals surface area (Å²) < 4.78 is 16.8. The van der Waals surface area contributed by atoms with E-state index in [0.717, 1.165) is 6.54 Å². The molecule has 1 aliphatic rings. The smallest absolute Gasteiger partial charge is 0.341 e. The van der Waals surface area contributed by atoms with Gasteiger partial charge in [0.25, 0.3) is 0 Å². The number of anilines is 1. The molecular formula is C21H22FN3O3S. The fraction of sp³-hybridized carbons (Fsp3) is 0.333. The predicted octanol–water partition coefficient (Wildman–Crippen LogP) is 3.41. The highest BCUT2D eigenvalue weighted by molar-refractivity contribution is 7.10. The van der Waals surface area contributed by atoms with Crippen molar-refractivity contribution in [1.29, 1.82) is 0 Å². The van der Waals surface area contributed by atoms with Crippen LogP contribution in [0.25, 0.3) is 10.9 Å². The van der Waals surface area contributed by atoms with Crippen molar-refractivity contribution in [2.75, 3.05) is 31.6 Å². The quantitative estimate of drug-likeness (QED) is 0.707. The lowest BCUT2D eigenvalue weighted by Gasteiger charge is -2.40. The molecule has 1 aromatic carbocycles. The van der Waals surface area contributed by atoms with Crippen molar-refractivity contribution >= 4 is 33.9 Å². The first-order valence-electron chi connectivity index (χ1n) is 9.49. The Morgan fingerprint density at radius 3 is 2.79 bits per heavy atom. The zero-order valence-corrected chi connectivity index (χ0v) is 17.1. The summed E-state index contributed by atoms with van der Waals surface area (Å²) in [6.45, 7) is 4.44. The SMILES string of the molecule is CCn1cc(C(=O)O)c(=O)c2cc(F)c(N3CCN(C)C(c4cccs4)C3)cc21. The molecule has 152 valence electrons. The van der Waals surface area contributed by atoms with Crippen LogP contribution in [0.1, 0.15) is 28.2 Å². The Bertz CT molecular complexity index is 1130. The van der Waals surface area contributed by atoms with Gasteiger partial charge in [-0.05, 0) is 37.6 Å². The third-order valence-corrected chi connectivity index (χ3v) is 6.55. The second-order valence-electron chi connectivity index (χ2n) is 7.24. The lowest BCUT2D eigenvalue weighted by atomic mass is 10.1. The van der Waals surface area contributed by atoms with Crippen molar-refractivity contribution in [3.8, 4) is 0 Å². The van der Waals surface area contributed by atoms with Gasteiger partial charge in [-0.2, -0.15) is 0 Å². The van der Waals surface area contributed by atoms with Gasteiger partial charge in [0, 0.05) is 42.6 Å². The Morgan fingerprint density at radius 2 is 2.14 bits per heavy atom. The third-order valence-electron chi connectivity index (χ3n) is 5.58. The Balaban J connectivity index is 1.80. The van der Waals surface area contributed by atoms with Crippen molar-refractivity contribution in [2.45, 2.75) is 19.5 Å². The second-order valence-corrected chi connectivity index (χ2v) is 8.22. The number of carboxylic acids is 1. The number of nitrogens with zero attached hydrogens (tertiary/aromatic N) is 3. The zero-order valence-electron chi connectivity index (χ0n) is 16.3. The summed E-state index contributed by atoms with van der Waals surface area (Å²) in [5, 5.41) is 11.4. The minimum Gasteiger partial charge on any atom is -0.477 e. The first kappa shape index (κ1) is 19.6. The van der Waals surface area contributed by atoms with Gasteiger partial charge in [-0.15, -0.1) is 11.3 Å². The number of carboxylic acid groups (broad SMARTS) is 1. The number of aromatic carboxylic acids is 1. The van der Waals surface area contributed by atoms with Crippen LogP contribution in [0.4, 0.5) is 10.1 Å². The highest BCUT2D eigenvalue weighted by Crippen LogP contribution is 2.32. The summed E-state index contributed by atoms with van der Waals surface area (Å²) >= 11 is 1.69. The van der Waals surface area contributed by atoms with Crippen LogP contribution in [-0.2, 0) is 6.54 Å². The molecule has 0 bridgehead atoms. The summed E-state index contributed by atoms with van der Waals surface area (Å²) in [6, 6.07) is 7.14. The monoisotopic (exact) mass is 415 g/mol. The van der Waals surface area contributed by atoms with Gasteiger partial charge in [-0.25, -0.2) is 9.18 Å². The summed E-state index contributed by atoms with van der Waals surface area (Å²) in [5.41, 5.74) is -0.0105. The number of aryl methyl sites for hydroxylation is 1. The Labute approximate surface area is 171 Å². The van der Waals surface area contributed by atoms with Crippen LogP contribution < -0.4 is 10.3 Å². The molecule has 0 aliphatic carbocycles. The number of halogens is 1. The molecule has 1 fully saturated rings. The molecule has 3 heterocycles. The van der Waals surface area contributed by atoms with E-state index in [2.05, 4.69) is 18.0 Å². The molecule has 29 heavy (non-hydrogen) atoms.